The molecule has 1 aliphatic carbocycles. The number of allylic oxidation sites excluding steroid dienone is 1. The molecule has 0 amide bonds. The molecule has 130 valence electrons. The van der Waals surface area contributed by atoms with Gasteiger partial charge in [0.15, 0.2) is 17.3 Å². The number of ketones is 1. The summed E-state index contributed by atoms with van der Waals surface area (Å²) in [7, 11) is 1.53. The van der Waals surface area contributed by atoms with Crippen LogP contribution in [-0.2, 0) is 11.4 Å². The second-order valence-electron chi connectivity index (χ2n) is 5.94. The molecule has 0 N–H and O–H groups in total. The van der Waals surface area contributed by atoms with Gasteiger partial charge in [-0.15, -0.1) is 0 Å². The lowest BCUT2D eigenvalue weighted by Gasteiger charge is -2.12. The largest absolute Gasteiger partial charge is 0.496 e. The number of rotatable bonds is 7. The van der Waals surface area contributed by atoms with Crippen molar-refractivity contribution in [3.8, 4) is 11.5 Å². The van der Waals surface area contributed by atoms with E-state index in [1.165, 1.54) is 13.2 Å². The third-order valence-electron chi connectivity index (χ3n) is 4.00. The smallest absolute Gasteiger partial charge is 0.167 e. The summed E-state index contributed by atoms with van der Waals surface area (Å²) in [5.74, 6) is -0.540. The molecule has 0 spiro atoms. The van der Waals surface area contributed by atoms with Gasteiger partial charge in [-0.05, 0) is 48.7 Å². The molecule has 1 saturated carbocycles. The van der Waals surface area contributed by atoms with Gasteiger partial charge < -0.3 is 9.47 Å². The Bertz CT molecular complexity index is 811. The second kappa shape index (κ2) is 7.47. The van der Waals surface area contributed by atoms with Gasteiger partial charge in [0.2, 0.25) is 0 Å². The Kier molecular flexibility index (Phi) is 5.12. The molecule has 1 aliphatic rings. The Morgan fingerprint density at radius 1 is 1.16 bits per heavy atom. The van der Waals surface area contributed by atoms with Gasteiger partial charge in [-0.2, -0.15) is 0 Å². The lowest BCUT2D eigenvalue weighted by atomic mass is 10.1. The summed E-state index contributed by atoms with van der Waals surface area (Å²) in [5.41, 5.74) is 1.53. The number of benzene rings is 2. The van der Waals surface area contributed by atoms with Crippen LogP contribution in [0.5, 0.6) is 11.5 Å². The van der Waals surface area contributed by atoms with Crippen LogP contribution >= 0.6 is 0 Å². The highest BCUT2D eigenvalue weighted by atomic mass is 19.1. The first-order chi connectivity index (χ1) is 12.1. The van der Waals surface area contributed by atoms with Gasteiger partial charge in [0, 0.05) is 17.5 Å². The zero-order chi connectivity index (χ0) is 17.8. The molecule has 3 nitrogen and oxygen atoms in total. The van der Waals surface area contributed by atoms with Crippen LogP contribution < -0.4 is 9.47 Å². The first-order valence-corrected chi connectivity index (χ1v) is 8.03. The van der Waals surface area contributed by atoms with Crippen LogP contribution in [0.1, 0.15) is 24.0 Å². The molecule has 0 heterocycles. The van der Waals surface area contributed by atoms with Crippen molar-refractivity contribution in [2.24, 2.45) is 5.92 Å². The van der Waals surface area contributed by atoms with Crippen LogP contribution in [0, 0.1) is 17.6 Å². The standard InChI is InChI=1S/C20H18F2O3/c1-24-19-8-3-13(2-7-18(23)14-4-5-14)10-15(19)12-25-20-9-6-16(21)11-17(20)22/h2-3,6-11,14H,4-5,12H2,1H3/b7-2+. The zero-order valence-electron chi connectivity index (χ0n) is 13.8. The van der Waals surface area contributed by atoms with E-state index in [0.29, 0.717) is 11.3 Å². The Balaban J connectivity index is 1.74. The predicted molar refractivity (Wildman–Crippen MR) is 90.4 cm³/mol. The number of halogens is 2. The molecule has 25 heavy (non-hydrogen) atoms. The van der Waals surface area contributed by atoms with Gasteiger partial charge in [0.1, 0.15) is 18.2 Å². The molecule has 0 bridgehead atoms. The Morgan fingerprint density at radius 2 is 1.92 bits per heavy atom. The maximum Gasteiger partial charge on any atom is 0.167 e. The number of hydrogen-bond donors (Lipinski definition) is 0. The molecule has 0 radical (unpaired) electrons. The Morgan fingerprint density at radius 3 is 2.60 bits per heavy atom. The highest BCUT2D eigenvalue weighted by Crippen LogP contribution is 2.30. The SMILES string of the molecule is COc1ccc(/C=C/C(=O)C2CC2)cc1COc1ccc(F)cc1F. The molecule has 2 aromatic rings. The van der Waals surface area contributed by atoms with Crippen molar-refractivity contribution in [1.29, 1.82) is 0 Å². The van der Waals surface area contributed by atoms with Crippen LogP contribution in [0.25, 0.3) is 6.08 Å². The van der Waals surface area contributed by atoms with E-state index in [-0.39, 0.29) is 24.1 Å². The lowest BCUT2D eigenvalue weighted by Crippen LogP contribution is -2.01. The topological polar surface area (TPSA) is 35.5 Å². The maximum absolute atomic E-state index is 13.7. The quantitative estimate of drug-likeness (QED) is 0.692. The van der Waals surface area contributed by atoms with E-state index in [9.17, 15) is 13.6 Å². The summed E-state index contributed by atoms with van der Waals surface area (Å²) in [4.78, 5) is 11.8. The van der Waals surface area contributed by atoms with Crippen molar-refractivity contribution in [3.63, 3.8) is 0 Å². The molecule has 0 aromatic heterocycles. The summed E-state index contributed by atoms with van der Waals surface area (Å²) in [6.07, 6.45) is 5.27. The fourth-order valence-corrected chi connectivity index (χ4v) is 2.45. The van der Waals surface area contributed by atoms with Crippen molar-refractivity contribution in [3.05, 3.63) is 65.2 Å². The summed E-state index contributed by atoms with van der Waals surface area (Å²) in [6.45, 7) is 0.0595. The minimum absolute atomic E-state index is 0.0340. The van der Waals surface area contributed by atoms with Gasteiger partial charge in [-0.3, -0.25) is 4.79 Å². The van der Waals surface area contributed by atoms with E-state index in [1.807, 2.05) is 12.1 Å². The van der Waals surface area contributed by atoms with E-state index in [4.69, 9.17) is 9.47 Å². The molecule has 0 unspecified atom stereocenters. The predicted octanol–water partition coefficient (Wildman–Crippen LogP) is 4.54. The lowest BCUT2D eigenvalue weighted by molar-refractivity contribution is -0.115. The Hall–Kier alpha value is -2.69. The number of ether oxygens (including phenoxy) is 2. The van der Waals surface area contributed by atoms with Gasteiger partial charge in [-0.25, -0.2) is 8.78 Å². The fraction of sp³-hybridized carbons (Fsp3) is 0.250. The van der Waals surface area contributed by atoms with Crippen LogP contribution in [-0.4, -0.2) is 12.9 Å². The van der Waals surface area contributed by atoms with Gasteiger partial charge in [0.05, 0.1) is 7.11 Å². The molecular weight excluding hydrogens is 326 g/mol. The average molecular weight is 344 g/mol. The Labute approximate surface area is 144 Å². The monoisotopic (exact) mass is 344 g/mol. The number of carbonyl (C=O) groups is 1. The van der Waals surface area contributed by atoms with E-state index in [2.05, 4.69) is 0 Å². The summed E-state index contributed by atoms with van der Waals surface area (Å²) in [6, 6.07) is 8.57. The van der Waals surface area contributed by atoms with Crippen LogP contribution in [0.15, 0.2) is 42.5 Å². The third-order valence-corrected chi connectivity index (χ3v) is 4.00. The van der Waals surface area contributed by atoms with E-state index < -0.39 is 11.6 Å². The van der Waals surface area contributed by atoms with Crippen molar-refractivity contribution in [2.75, 3.05) is 7.11 Å². The van der Waals surface area contributed by atoms with E-state index in [0.717, 1.165) is 30.5 Å². The molecule has 3 rings (SSSR count). The zero-order valence-corrected chi connectivity index (χ0v) is 13.8. The van der Waals surface area contributed by atoms with Gasteiger partial charge in [-0.1, -0.05) is 12.1 Å². The number of carbonyl (C=O) groups excluding carboxylic acids is 1. The van der Waals surface area contributed by atoms with Gasteiger partial charge >= 0.3 is 0 Å². The first kappa shape index (κ1) is 17.1. The molecular formula is C20H18F2O3. The molecule has 1 fully saturated rings. The third kappa shape index (κ3) is 4.44. The minimum Gasteiger partial charge on any atom is -0.496 e. The maximum atomic E-state index is 13.7. The molecule has 5 heteroatoms. The molecule has 0 saturated heterocycles. The second-order valence-corrected chi connectivity index (χ2v) is 5.94. The molecule has 0 atom stereocenters. The number of hydrogen-bond acceptors (Lipinski definition) is 3. The van der Waals surface area contributed by atoms with Crippen molar-refractivity contribution in [2.45, 2.75) is 19.4 Å². The van der Waals surface area contributed by atoms with Crippen LogP contribution in [0.2, 0.25) is 0 Å². The van der Waals surface area contributed by atoms with Crippen LogP contribution in [0.3, 0.4) is 0 Å². The molecule has 2 aromatic carbocycles. The first-order valence-electron chi connectivity index (χ1n) is 8.03. The highest BCUT2D eigenvalue weighted by molar-refractivity contribution is 5.96. The van der Waals surface area contributed by atoms with Crippen molar-refractivity contribution < 1.29 is 23.0 Å². The normalized spacial score (nSPS) is 13.9. The summed E-state index contributed by atoms with van der Waals surface area (Å²) >= 11 is 0. The molecule has 0 aliphatic heterocycles. The summed E-state index contributed by atoms with van der Waals surface area (Å²) < 4.78 is 37.3. The van der Waals surface area contributed by atoms with Crippen molar-refractivity contribution in [1.82, 2.24) is 0 Å². The van der Waals surface area contributed by atoms with Crippen LogP contribution in [0.4, 0.5) is 8.78 Å². The average Bonchev–Trinajstić information content (AvgIpc) is 3.44. The summed E-state index contributed by atoms with van der Waals surface area (Å²) in [5, 5.41) is 0. The van der Waals surface area contributed by atoms with E-state index >= 15 is 0 Å². The van der Waals surface area contributed by atoms with Crippen molar-refractivity contribution >= 4 is 11.9 Å². The highest BCUT2D eigenvalue weighted by Gasteiger charge is 2.27. The van der Waals surface area contributed by atoms with E-state index in [1.54, 1.807) is 18.2 Å². The minimum atomic E-state index is -0.759. The van der Waals surface area contributed by atoms with Gasteiger partial charge in [0.25, 0.3) is 0 Å². The fourth-order valence-electron chi connectivity index (χ4n) is 2.45. The number of methoxy groups -OCH3 is 1.